The van der Waals surface area contributed by atoms with Crippen molar-refractivity contribution in [3.05, 3.63) is 0 Å². The molecule has 2 heteroatoms. The molecule has 2 N–H and O–H groups in total. The molecule has 0 aliphatic carbocycles. The molecule has 11 heavy (non-hydrogen) atoms. The molecule has 1 rings (SSSR count). The van der Waals surface area contributed by atoms with E-state index in [1.807, 2.05) is 0 Å². The minimum atomic E-state index is -0.375. The summed E-state index contributed by atoms with van der Waals surface area (Å²) >= 11 is 0. The predicted molar refractivity (Wildman–Crippen MR) is 46.5 cm³/mol. The van der Waals surface area contributed by atoms with Crippen LogP contribution in [0.2, 0.25) is 0 Å². The van der Waals surface area contributed by atoms with Crippen LogP contribution in [-0.4, -0.2) is 23.8 Å². The van der Waals surface area contributed by atoms with Gasteiger partial charge in [-0.25, -0.2) is 0 Å². The minimum Gasteiger partial charge on any atom is -0.390 e. The first-order chi connectivity index (χ1) is 5.19. The Kier molecular flexibility index (Phi) is 2.90. The van der Waals surface area contributed by atoms with Crippen molar-refractivity contribution in [1.82, 2.24) is 5.32 Å². The van der Waals surface area contributed by atoms with E-state index in [0.29, 0.717) is 5.92 Å². The van der Waals surface area contributed by atoms with Crippen LogP contribution in [0.1, 0.15) is 33.1 Å². The Labute approximate surface area is 69.0 Å². The van der Waals surface area contributed by atoms with E-state index in [9.17, 15) is 5.11 Å². The zero-order valence-corrected chi connectivity index (χ0v) is 7.56. The van der Waals surface area contributed by atoms with Crippen molar-refractivity contribution in [3.63, 3.8) is 0 Å². The highest BCUT2D eigenvalue weighted by Crippen LogP contribution is 2.28. The van der Waals surface area contributed by atoms with Gasteiger partial charge in [0.05, 0.1) is 5.60 Å². The van der Waals surface area contributed by atoms with Gasteiger partial charge in [0.15, 0.2) is 0 Å². The van der Waals surface area contributed by atoms with Gasteiger partial charge in [0, 0.05) is 6.54 Å². The monoisotopic (exact) mass is 157 g/mol. The maximum absolute atomic E-state index is 10.1. The van der Waals surface area contributed by atoms with Crippen LogP contribution in [-0.2, 0) is 0 Å². The first-order valence-electron chi connectivity index (χ1n) is 4.62. The van der Waals surface area contributed by atoms with E-state index in [-0.39, 0.29) is 5.60 Å². The maximum atomic E-state index is 10.1. The fourth-order valence-electron chi connectivity index (χ4n) is 1.86. The van der Waals surface area contributed by atoms with Crippen LogP contribution in [0.25, 0.3) is 0 Å². The third-order valence-electron chi connectivity index (χ3n) is 2.79. The van der Waals surface area contributed by atoms with Gasteiger partial charge in [-0.1, -0.05) is 20.3 Å². The summed E-state index contributed by atoms with van der Waals surface area (Å²) in [5, 5.41) is 13.4. The predicted octanol–water partition coefficient (Wildman–Crippen LogP) is 1.15. The number of hydrogen-bond donors (Lipinski definition) is 2. The van der Waals surface area contributed by atoms with Crippen LogP contribution in [0.3, 0.4) is 0 Å². The van der Waals surface area contributed by atoms with Crippen LogP contribution in [0, 0.1) is 5.92 Å². The number of nitrogens with one attached hydrogen (secondary N) is 1. The SMILES string of the molecule is CCCC1(O)CCNCC1C. The number of hydrogen-bond acceptors (Lipinski definition) is 2. The lowest BCUT2D eigenvalue weighted by Crippen LogP contribution is -2.48. The second-order valence-corrected chi connectivity index (χ2v) is 3.71. The summed E-state index contributed by atoms with van der Waals surface area (Å²) in [6.07, 6.45) is 2.96. The number of rotatable bonds is 2. The van der Waals surface area contributed by atoms with Crippen molar-refractivity contribution < 1.29 is 5.11 Å². The van der Waals surface area contributed by atoms with E-state index in [2.05, 4.69) is 19.2 Å². The van der Waals surface area contributed by atoms with Gasteiger partial charge < -0.3 is 10.4 Å². The largest absolute Gasteiger partial charge is 0.390 e. The molecule has 0 radical (unpaired) electrons. The molecule has 0 spiro atoms. The van der Waals surface area contributed by atoms with Crippen molar-refractivity contribution >= 4 is 0 Å². The smallest absolute Gasteiger partial charge is 0.0697 e. The van der Waals surface area contributed by atoms with Crippen LogP contribution in [0.4, 0.5) is 0 Å². The van der Waals surface area contributed by atoms with Crippen LogP contribution in [0.15, 0.2) is 0 Å². The van der Waals surface area contributed by atoms with Gasteiger partial charge >= 0.3 is 0 Å². The van der Waals surface area contributed by atoms with E-state index in [1.54, 1.807) is 0 Å². The third-order valence-corrected chi connectivity index (χ3v) is 2.79. The Morgan fingerprint density at radius 2 is 2.36 bits per heavy atom. The molecular weight excluding hydrogens is 138 g/mol. The van der Waals surface area contributed by atoms with E-state index < -0.39 is 0 Å². The van der Waals surface area contributed by atoms with Crippen LogP contribution < -0.4 is 5.32 Å². The van der Waals surface area contributed by atoms with Gasteiger partial charge in [-0.05, 0) is 25.3 Å². The Morgan fingerprint density at radius 1 is 1.64 bits per heavy atom. The first-order valence-corrected chi connectivity index (χ1v) is 4.62. The highest BCUT2D eigenvalue weighted by Gasteiger charge is 2.34. The average Bonchev–Trinajstić information content (AvgIpc) is 1.96. The van der Waals surface area contributed by atoms with Crippen molar-refractivity contribution in [2.45, 2.75) is 38.7 Å². The molecule has 1 heterocycles. The van der Waals surface area contributed by atoms with E-state index in [1.165, 1.54) is 0 Å². The summed E-state index contributed by atoms with van der Waals surface area (Å²) in [7, 11) is 0. The molecule has 66 valence electrons. The summed E-state index contributed by atoms with van der Waals surface area (Å²) in [6.45, 7) is 6.20. The zero-order valence-electron chi connectivity index (χ0n) is 7.56. The number of aliphatic hydroxyl groups is 1. The summed E-state index contributed by atoms with van der Waals surface area (Å²) in [4.78, 5) is 0. The normalized spacial score (nSPS) is 39.0. The summed E-state index contributed by atoms with van der Waals surface area (Å²) in [6, 6.07) is 0. The molecule has 0 bridgehead atoms. The summed E-state index contributed by atoms with van der Waals surface area (Å²) in [5.74, 6) is 0.413. The van der Waals surface area contributed by atoms with Gasteiger partial charge in [0.2, 0.25) is 0 Å². The molecule has 0 aromatic carbocycles. The van der Waals surface area contributed by atoms with Crippen molar-refractivity contribution in [3.8, 4) is 0 Å². The Hall–Kier alpha value is -0.0800. The van der Waals surface area contributed by atoms with Gasteiger partial charge in [0.25, 0.3) is 0 Å². The summed E-state index contributed by atoms with van der Waals surface area (Å²) < 4.78 is 0. The van der Waals surface area contributed by atoms with Crippen molar-refractivity contribution in [2.24, 2.45) is 5.92 Å². The highest BCUT2D eigenvalue weighted by atomic mass is 16.3. The third kappa shape index (κ3) is 1.94. The van der Waals surface area contributed by atoms with E-state index >= 15 is 0 Å². The standard InChI is InChI=1S/C9H19NO/c1-3-4-9(11)5-6-10-7-8(9)2/h8,10-11H,3-7H2,1-2H3. The zero-order chi connectivity index (χ0) is 8.32. The van der Waals surface area contributed by atoms with Gasteiger partial charge in [-0.15, -0.1) is 0 Å². The molecule has 1 aliphatic heterocycles. The van der Waals surface area contributed by atoms with Gasteiger partial charge in [0.1, 0.15) is 0 Å². The molecule has 0 aromatic rings. The molecule has 1 aliphatic rings. The quantitative estimate of drug-likeness (QED) is 0.630. The molecule has 2 atom stereocenters. The molecule has 0 aromatic heterocycles. The Balaban J connectivity index is 2.49. The molecule has 1 saturated heterocycles. The second-order valence-electron chi connectivity index (χ2n) is 3.71. The minimum absolute atomic E-state index is 0.375. The number of piperidine rings is 1. The van der Waals surface area contributed by atoms with E-state index in [4.69, 9.17) is 0 Å². The lowest BCUT2D eigenvalue weighted by Gasteiger charge is -2.38. The topological polar surface area (TPSA) is 32.3 Å². The second kappa shape index (κ2) is 3.55. The first kappa shape index (κ1) is 9.01. The fraction of sp³-hybridized carbons (Fsp3) is 1.00. The Morgan fingerprint density at radius 3 is 2.91 bits per heavy atom. The lowest BCUT2D eigenvalue weighted by atomic mass is 9.80. The molecule has 2 nitrogen and oxygen atoms in total. The lowest BCUT2D eigenvalue weighted by molar-refractivity contribution is -0.0409. The fourth-order valence-corrected chi connectivity index (χ4v) is 1.86. The van der Waals surface area contributed by atoms with Crippen LogP contribution in [0.5, 0.6) is 0 Å². The van der Waals surface area contributed by atoms with Crippen molar-refractivity contribution in [1.29, 1.82) is 0 Å². The van der Waals surface area contributed by atoms with Gasteiger partial charge in [-0.2, -0.15) is 0 Å². The summed E-state index contributed by atoms with van der Waals surface area (Å²) in [5.41, 5.74) is -0.375. The van der Waals surface area contributed by atoms with Gasteiger partial charge in [-0.3, -0.25) is 0 Å². The van der Waals surface area contributed by atoms with Crippen molar-refractivity contribution in [2.75, 3.05) is 13.1 Å². The maximum Gasteiger partial charge on any atom is 0.0697 e. The molecule has 2 unspecified atom stereocenters. The van der Waals surface area contributed by atoms with Crippen LogP contribution >= 0.6 is 0 Å². The molecule has 0 saturated carbocycles. The molecule has 0 amide bonds. The Bertz CT molecular complexity index is 123. The van der Waals surface area contributed by atoms with E-state index in [0.717, 1.165) is 32.4 Å². The molecular formula is C9H19NO. The molecule has 1 fully saturated rings. The average molecular weight is 157 g/mol. The highest BCUT2D eigenvalue weighted by molar-refractivity contribution is 4.89.